The zero-order chi connectivity index (χ0) is 20.0. The second-order valence-corrected chi connectivity index (χ2v) is 6.39. The summed E-state index contributed by atoms with van der Waals surface area (Å²) < 4.78 is 15.1. The Labute approximate surface area is 167 Å². The van der Waals surface area contributed by atoms with Gasteiger partial charge in [0.15, 0.2) is 18.1 Å². The van der Waals surface area contributed by atoms with Crippen molar-refractivity contribution in [1.82, 2.24) is 4.90 Å². The molecular weight excluding hydrogens is 393 g/mol. The average Bonchev–Trinajstić information content (AvgIpc) is 2.68. The van der Waals surface area contributed by atoms with Crippen molar-refractivity contribution in [2.45, 2.75) is 6.54 Å². The molecule has 0 fully saturated rings. The van der Waals surface area contributed by atoms with Crippen LogP contribution in [0.25, 0.3) is 0 Å². The quantitative estimate of drug-likeness (QED) is 0.647. The van der Waals surface area contributed by atoms with Gasteiger partial charge in [-0.3, -0.25) is 4.79 Å². The van der Waals surface area contributed by atoms with Crippen LogP contribution in [0.4, 0.5) is 0 Å². The smallest absolute Gasteiger partial charge is 0.343 e. The SMILES string of the molecule is COC(=O)COc1ccc(C(=O)N(C)Cc2cccc(Cl)c2Cl)cc1OC. The number of carbonyl (C=O) groups excluding carboxylic acids is 2. The average molecular weight is 412 g/mol. The highest BCUT2D eigenvalue weighted by Crippen LogP contribution is 2.30. The maximum Gasteiger partial charge on any atom is 0.343 e. The van der Waals surface area contributed by atoms with Crippen molar-refractivity contribution >= 4 is 35.1 Å². The minimum Gasteiger partial charge on any atom is -0.493 e. The molecule has 27 heavy (non-hydrogen) atoms. The number of benzene rings is 2. The van der Waals surface area contributed by atoms with Gasteiger partial charge in [-0.25, -0.2) is 4.79 Å². The van der Waals surface area contributed by atoms with E-state index >= 15 is 0 Å². The van der Waals surface area contributed by atoms with Crippen molar-refractivity contribution in [1.29, 1.82) is 0 Å². The number of hydrogen-bond acceptors (Lipinski definition) is 5. The van der Waals surface area contributed by atoms with Gasteiger partial charge in [0.1, 0.15) is 0 Å². The summed E-state index contributed by atoms with van der Waals surface area (Å²) in [5, 5.41) is 0.853. The molecule has 0 unspecified atom stereocenters. The second kappa shape index (κ2) is 9.48. The standard InChI is InChI=1S/C19H19Cl2NO5/c1-22(10-13-5-4-6-14(20)18(13)21)19(24)12-7-8-15(16(9-12)25-2)27-11-17(23)26-3/h4-9H,10-11H2,1-3H3. The van der Waals surface area contributed by atoms with Gasteiger partial charge in [0.05, 0.1) is 24.3 Å². The molecule has 0 saturated carbocycles. The molecule has 144 valence electrons. The molecule has 6 nitrogen and oxygen atoms in total. The number of hydrogen-bond donors (Lipinski definition) is 0. The first-order chi connectivity index (χ1) is 12.9. The van der Waals surface area contributed by atoms with E-state index in [-0.39, 0.29) is 12.5 Å². The lowest BCUT2D eigenvalue weighted by Crippen LogP contribution is -2.26. The summed E-state index contributed by atoms with van der Waals surface area (Å²) in [5.41, 5.74) is 1.14. The van der Waals surface area contributed by atoms with Gasteiger partial charge in [-0.2, -0.15) is 0 Å². The van der Waals surface area contributed by atoms with Gasteiger partial charge in [-0.1, -0.05) is 35.3 Å². The molecule has 0 saturated heterocycles. The van der Waals surface area contributed by atoms with Crippen LogP contribution in [0.2, 0.25) is 10.0 Å². The molecule has 0 N–H and O–H groups in total. The van der Waals surface area contributed by atoms with Crippen molar-refractivity contribution in [2.75, 3.05) is 27.9 Å². The van der Waals surface area contributed by atoms with Gasteiger partial charge < -0.3 is 19.1 Å². The van der Waals surface area contributed by atoms with E-state index in [1.54, 1.807) is 37.4 Å². The minimum atomic E-state index is -0.518. The molecule has 1 amide bonds. The molecule has 2 aromatic carbocycles. The Bertz CT molecular complexity index is 841. The fraction of sp³-hybridized carbons (Fsp3) is 0.263. The van der Waals surface area contributed by atoms with Crippen LogP contribution in [0, 0.1) is 0 Å². The first-order valence-electron chi connectivity index (χ1n) is 7.93. The zero-order valence-electron chi connectivity index (χ0n) is 15.1. The fourth-order valence-corrected chi connectivity index (χ4v) is 2.71. The number of carbonyl (C=O) groups is 2. The van der Waals surface area contributed by atoms with Crippen LogP contribution in [0.15, 0.2) is 36.4 Å². The topological polar surface area (TPSA) is 65.1 Å². The monoisotopic (exact) mass is 411 g/mol. The van der Waals surface area contributed by atoms with Gasteiger partial charge in [0, 0.05) is 19.2 Å². The van der Waals surface area contributed by atoms with Crippen LogP contribution in [-0.2, 0) is 16.1 Å². The minimum absolute atomic E-state index is 0.233. The number of ether oxygens (including phenoxy) is 3. The Morgan fingerprint density at radius 1 is 1.07 bits per heavy atom. The Morgan fingerprint density at radius 2 is 1.81 bits per heavy atom. The zero-order valence-corrected chi connectivity index (χ0v) is 16.6. The van der Waals surface area contributed by atoms with E-state index in [1.807, 2.05) is 6.07 Å². The molecule has 8 heteroatoms. The summed E-state index contributed by atoms with van der Waals surface area (Å²) >= 11 is 12.2. The summed E-state index contributed by atoms with van der Waals surface area (Å²) in [7, 11) is 4.38. The third-order valence-corrected chi connectivity index (χ3v) is 4.63. The second-order valence-electron chi connectivity index (χ2n) is 5.60. The van der Waals surface area contributed by atoms with Crippen LogP contribution in [0.5, 0.6) is 11.5 Å². The normalized spacial score (nSPS) is 10.3. The molecule has 0 aliphatic heterocycles. The summed E-state index contributed by atoms with van der Waals surface area (Å²) in [6, 6.07) is 9.97. The molecule has 0 bridgehead atoms. The van der Waals surface area contributed by atoms with E-state index in [0.717, 1.165) is 5.56 Å². The van der Waals surface area contributed by atoms with Gasteiger partial charge in [0.25, 0.3) is 5.91 Å². The highest BCUT2D eigenvalue weighted by molar-refractivity contribution is 6.42. The van der Waals surface area contributed by atoms with E-state index < -0.39 is 5.97 Å². The van der Waals surface area contributed by atoms with E-state index in [1.165, 1.54) is 19.1 Å². The Morgan fingerprint density at radius 3 is 2.48 bits per heavy atom. The van der Waals surface area contributed by atoms with E-state index in [0.29, 0.717) is 33.7 Å². The van der Waals surface area contributed by atoms with Gasteiger partial charge in [-0.05, 0) is 29.8 Å². The summed E-state index contributed by atoms with van der Waals surface area (Å²) in [5.74, 6) is -0.0851. The van der Waals surface area contributed by atoms with Crippen LogP contribution in [-0.4, -0.2) is 44.7 Å². The number of nitrogens with zero attached hydrogens (tertiary/aromatic N) is 1. The lowest BCUT2D eigenvalue weighted by molar-refractivity contribution is -0.142. The molecule has 2 aromatic rings. The van der Waals surface area contributed by atoms with Crippen LogP contribution >= 0.6 is 23.2 Å². The fourth-order valence-electron chi connectivity index (χ4n) is 2.33. The molecule has 0 radical (unpaired) electrons. The largest absolute Gasteiger partial charge is 0.493 e. The van der Waals surface area contributed by atoms with Crippen molar-refractivity contribution in [3.63, 3.8) is 0 Å². The van der Waals surface area contributed by atoms with Gasteiger partial charge in [0.2, 0.25) is 0 Å². The maximum atomic E-state index is 12.7. The molecule has 0 aromatic heterocycles. The Hall–Kier alpha value is -2.44. The van der Waals surface area contributed by atoms with Gasteiger partial charge in [-0.15, -0.1) is 0 Å². The van der Waals surface area contributed by atoms with Crippen LogP contribution < -0.4 is 9.47 Å². The molecule has 0 heterocycles. The number of rotatable bonds is 7. The number of methoxy groups -OCH3 is 2. The highest BCUT2D eigenvalue weighted by atomic mass is 35.5. The number of halogens is 2. The van der Waals surface area contributed by atoms with Crippen molar-refractivity contribution in [3.8, 4) is 11.5 Å². The van der Waals surface area contributed by atoms with E-state index in [2.05, 4.69) is 4.74 Å². The molecule has 0 aliphatic rings. The van der Waals surface area contributed by atoms with Gasteiger partial charge >= 0.3 is 5.97 Å². The van der Waals surface area contributed by atoms with Crippen LogP contribution in [0.3, 0.4) is 0 Å². The summed E-state index contributed by atoms with van der Waals surface area (Å²) in [4.78, 5) is 25.4. The summed E-state index contributed by atoms with van der Waals surface area (Å²) in [6.07, 6.45) is 0. The first kappa shape index (κ1) is 20.9. The van der Waals surface area contributed by atoms with Crippen LogP contribution in [0.1, 0.15) is 15.9 Å². The molecule has 2 rings (SSSR count). The highest BCUT2D eigenvalue weighted by Gasteiger charge is 2.17. The molecular formula is C19H19Cl2NO5. The number of esters is 1. The maximum absolute atomic E-state index is 12.7. The first-order valence-corrected chi connectivity index (χ1v) is 8.69. The predicted molar refractivity (Wildman–Crippen MR) is 103 cm³/mol. The summed E-state index contributed by atoms with van der Waals surface area (Å²) in [6.45, 7) is 0.0362. The lowest BCUT2D eigenvalue weighted by atomic mass is 10.1. The number of amides is 1. The van der Waals surface area contributed by atoms with Crippen molar-refractivity contribution in [3.05, 3.63) is 57.6 Å². The van der Waals surface area contributed by atoms with E-state index in [4.69, 9.17) is 32.7 Å². The Balaban J connectivity index is 2.15. The predicted octanol–water partition coefficient (Wildman–Crippen LogP) is 3.83. The Kier molecular flexibility index (Phi) is 7.33. The van der Waals surface area contributed by atoms with Crippen molar-refractivity contribution in [2.24, 2.45) is 0 Å². The third-order valence-electron chi connectivity index (χ3n) is 3.77. The lowest BCUT2D eigenvalue weighted by Gasteiger charge is -2.19. The van der Waals surface area contributed by atoms with E-state index in [9.17, 15) is 9.59 Å². The molecule has 0 spiro atoms. The third kappa shape index (κ3) is 5.28. The molecule has 0 aliphatic carbocycles. The molecule has 0 atom stereocenters. The van der Waals surface area contributed by atoms with Crippen molar-refractivity contribution < 1.29 is 23.8 Å².